The summed E-state index contributed by atoms with van der Waals surface area (Å²) < 4.78 is 29.9. The van der Waals surface area contributed by atoms with Crippen molar-refractivity contribution in [1.29, 1.82) is 0 Å². The monoisotopic (exact) mass is 283 g/mol. The van der Waals surface area contributed by atoms with Gasteiger partial charge in [0.05, 0.1) is 13.2 Å². The second kappa shape index (κ2) is 9.03. The Hall–Kier alpha value is -0.960. The van der Waals surface area contributed by atoms with Gasteiger partial charge in [0, 0.05) is 12.0 Å². The number of rotatable bonds is 6. The number of carbonyl (C=O) groups is 1. The molecule has 1 unspecified atom stereocenters. The molecule has 0 radical (unpaired) electrons. The highest BCUT2D eigenvalue weighted by Crippen LogP contribution is 2.09. The van der Waals surface area contributed by atoms with Crippen LogP contribution in [0.5, 0.6) is 0 Å². The summed E-state index contributed by atoms with van der Waals surface area (Å²) in [6.07, 6.45) is -0.902. The highest BCUT2D eigenvalue weighted by atomic mass is 32.3. The van der Waals surface area contributed by atoms with Crippen LogP contribution in [0.2, 0.25) is 0 Å². The van der Waals surface area contributed by atoms with Crippen LogP contribution in [0.1, 0.15) is 13.3 Å². The molecular formula is C10H21NO6S. The predicted octanol–water partition coefficient (Wildman–Crippen LogP) is 0.491. The van der Waals surface area contributed by atoms with E-state index in [0.717, 1.165) is 7.11 Å². The quantitative estimate of drug-likeness (QED) is 0.709. The van der Waals surface area contributed by atoms with Crippen LogP contribution in [0, 0.1) is 0 Å². The molecule has 1 N–H and O–H groups in total. The Labute approximate surface area is 108 Å². The van der Waals surface area contributed by atoms with Crippen molar-refractivity contribution in [2.45, 2.75) is 19.4 Å². The average molecular weight is 283 g/mol. The maximum Gasteiger partial charge on any atom is 0.399 e. The number of hydrogen-bond donors (Lipinski definition) is 1. The fraction of sp³-hybridized carbons (Fsp3) is 0.700. The van der Waals surface area contributed by atoms with Crippen LogP contribution in [0.25, 0.3) is 0 Å². The molecule has 0 spiro atoms. The summed E-state index contributed by atoms with van der Waals surface area (Å²) in [5.74, 6) is -1.18. The maximum absolute atomic E-state index is 10.7. The average Bonchev–Trinajstić information content (AvgIpc) is 2.15. The molecule has 0 aliphatic rings. The van der Waals surface area contributed by atoms with Gasteiger partial charge < -0.3 is 10.0 Å². The van der Waals surface area contributed by atoms with Crippen LogP contribution >= 0.6 is 0 Å². The molecular weight excluding hydrogens is 262 g/mol. The van der Waals surface area contributed by atoms with Crippen LogP contribution < -0.4 is 0 Å². The van der Waals surface area contributed by atoms with Crippen molar-refractivity contribution in [1.82, 2.24) is 4.90 Å². The summed E-state index contributed by atoms with van der Waals surface area (Å²) >= 11 is 0. The Morgan fingerprint density at radius 3 is 2.06 bits per heavy atom. The number of nitrogens with zero attached hydrogens (tertiary/aromatic N) is 1. The smallest absolute Gasteiger partial charge is 0.399 e. The van der Waals surface area contributed by atoms with Gasteiger partial charge in [0.2, 0.25) is 0 Å². The molecule has 0 rings (SSSR count). The highest BCUT2D eigenvalue weighted by molar-refractivity contribution is 7.81. The third-order valence-corrected chi connectivity index (χ3v) is 2.30. The molecule has 8 heteroatoms. The van der Waals surface area contributed by atoms with Crippen molar-refractivity contribution in [3.63, 3.8) is 0 Å². The van der Waals surface area contributed by atoms with E-state index in [-0.39, 0.29) is 12.0 Å². The van der Waals surface area contributed by atoms with Crippen molar-refractivity contribution in [2.75, 3.05) is 28.3 Å². The number of aliphatic carboxylic acids is 1. The van der Waals surface area contributed by atoms with E-state index >= 15 is 0 Å². The summed E-state index contributed by atoms with van der Waals surface area (Å²) in [6.45, 7) is 4.64. The zero-order valence-corrected chi connectivity index (χ0v) is 12.2. The predicted molar refractivity (Wildman–Crippen MR) is 67.5 cm³/mol. The van der Waals surface area contributed by atoms with Gasteiger partial charge in [-0.15, -0.1) is 0 Å². The number of carboxylic acids is 1. The summed E-state index contributed by atoms with van der Waals surface area (Å²) in [5, 5.41) is 8.45. The standard InChI is InChI=1S/C7H12O6S.C3H9N/c1-5(7(8)9)4-6(2)13-14(10,11)12-3;1-4(2)3/h6H,1,4H2,2-3H3,(H,8,9);1-3H3. The normalized spacial score (nSPS) is 12.6. The lowest BCUT2D eigenvalue weighted by Crippen LogP contribution is -2.18. The van der Waals surface area contributed by atoms with Crippen LogP contribution in [0.3, 0.4) is 0 Å². The molecule has 0 heterocycles. The molecule has 0 aliphatic heterocycles. The minimum atomic E-state index is -4.02. The highest BCUT2D eigenvalue weighted by Gasteiger charge is 2.17. The molecule has 0 aromatic rings. The molecule has 108 valence electrons. The third-order valence-electron chi connectivity index (χ3n) is 1.32. The van der Waals surface area contributed by atoms with E-state index in [0.29, 0.717) is 0 Å². The Kier molecular flexibility index (Phi) is 9.73. The fourth-order valence-electron chi connectivity index (χ4n) is 0.709. The van der Waals surface area contributed by atoms with Gasteiger partial charge in [-0.2, -0.15) is 8.42 Å². The summed E-state index contributed by atoms with van der Waals surface area (Å²) in [6, 6.07) is 0. The van der Waals surface area contributed by atoms with Gasteiger partial charge >= 0.3 is 16.4 Å². The number of hydrogen-bond acceptors (Lipinski definition) is 6. The van der Waals surface area contributed by atoms with Crippen LogP contribution in [-0.2, 0) is 23.6 Å². The van der Waals surface area contributed by atoms with Gasteiger partial charge in [-0.05, 0) is 28.1 Å². The lowest BCUT2D eigenvalue weighted by atomic mass is 10.1. The third kappa shape index (κ3) is 13.1. The van der Waals surface area contributed by atoms with Crippen molar-refractivity contribution < 1.29 is 26.7 Å². The first-order valence-corrected chi connectivity index (χ1v) is 6.36. The van der Waals surface area contributed by atoms with E-state index in [4.69, 9.17) is 5.11 Å². The second-order valence-corrected chi connectivity index (χ2v) is 5.28. The molecule has 18 heavy (non-hydrogen) atoms. The summed E-state index contributed by atoms with van der Waals surface area (Å²) in [7, 11) is 2.93. The van der Waals surface area contributed by atoms with Gasteiger partial charge in [-0.3, -0.25) is 4.18 Å². The number of carboxylic acid groups (broad SMARTS) is 1. The maximum atomic E-state index is 10.7. The molecule has 0 saturated carbocycles. The topological polar surface area (TPSA) is 93.1 Å². The Morgan fingerprint density at radius 2 is 1.78 bits per heavy atom. The SMILES string of the molecule is C=C(CC(C)OS(=O)(=O)OC)C(=O)O.CN(C)C. The summed E-state index contributed by atoms with van der Waals surface area (Å²) in [4.78, 5) is 12.3. The first-order chi connectivity index (χ1) is 8.01. The minimum Gasteiger partial charge on any atom is -0.478 e. The lowest BCUT2D eigenvalue weighted by molar-refractivity contribution is -0.133. The van der Waals surface area contributed by atoms with E-state index in [9.17, 15) is 13.2 Å². The van der Waals surface area contributed by atoms with E-state index < -0.39 is 22.5 Å². The fourth-order valence-corrected chi connectivity index (χ4v) is 1.26. The molecule has 0 amide bonds. The molecule has 0 fully saturated rings. The van der Waals surface area contributed by atoms with E-state index in [2.05, 4.69) is 14.9 Å². The van der Waals surface area contributed by atoms with Gasteiger partial charge in [0.25, 0.3) is 0 Å². The van der Waals surface area contributed by atoms with E-state index in [1.54, 1.807) is 0 Å². The van der Waals surface area contributed by atoms with E-state index in [1.165, 1.54) is 6.92 Å². The van der Waals surface area contributed by atoms with Crippen molar-refractivity contribution in [3.8, 4) is 0 Å². The zero-order chi connectivity index (χ0) is 14.9. The van der Waals surface area contributed by atoms with E-state index in [1.807, 2.05) is 26.0 Å². The van der Waals surface area contributed by atoms with Gasteiger partial charge in [-0.25, -0.2) is 8.98 Å². The molecule has 0 aromatic heterocycles. The second-order valence-electron chi connectivity index (χ2n) is 3.94. The zero-order valence-electron chi connectivity index (χ0n) is 11.3. The van der Waals surface area contributed by atoms with Gasteiger partial charge in [0.15, 0.2) is 0 Å². The molecule has 1 atom stereocenters. The van der Waals surface area contributed by atoms with Crippen LogP contribution in [0.15, 0.2) is 12.2 Å². The Morgan fingerprint density at radius 1 is 1.39 bits per heavy atom. The molecule has 0 bridgehead atoms. The van der Waals surface area contributed by atoms with Crippen molar-refractivity contribution in [2.24, 2.45) is 0 Å². The minimum absolute atomic E-state index is 0.0854. The largest absolute Gasteiger partial charge is 0.478 e. The summed E-state index contributed by atoms with van der Waals surface area (Å²) in [5.41, 5.74) is -0.121. The first kappa shape index (κ1) is 19.4. The van der Waals surface area contributed by atoms with Gasteiger partial charge in [-0.1, -0.05) is 6.58 Å². The molecule has 7 nitrogen and oxygen atoms in total. The van der Waals surface area contributed by atoms with Crippen molar-refractivity contribution >= 4 is 16.4 Å². The van der Waals surface area contributed by atoms with Crippen LogP contribution in [0.4, 0.5) is 0 Å². The molecule has 0 saturated heterocycles. The molecule has 0 aromatic carbocycles. The van der Waals surface area contributed by atoms with Gasteiger partial charge in [0.1, 0.15) is 0 Å². The Balaban J connectivity index is 0. The first-order valence-electron chi connectivity index (χ1n) is 5.02. The molecule has 0 aliphatic carbocycles. The Bertz CT molecular complexity index is 360. The van der Waals surface area contributed by atoms with Crippen molar-refractivity contribution in [3.05, 3.63) is 12.2 Å². The lowest BCUT2D eigenvalue weighted by Gasteiger charge is -2.10. The van der Waals surface area contributed by atoms with Crippen LogP contribution in [-0.4, -0.2) is 58.8 Å².